The molecule has 0 N–H and O–H groups in total. The van der Waals surface area contributed by atoms with Crippen molar-refractivity contribution < 1.29 is 4.52 Å². The Morgan fingerprint density at radius 3 is 3.17 bits per heavy atom. The van der Waals surface area contributed by atoms with Crippen molar-refractivity contribution in [3.05, 3.63) is 41.9 Å². The molecule has 1 aliphatic rings. The minimum absolute atomic E-state index is 0.592. The van der Waals surface area contributed by atoms with Crippen molar-refractivity contribution in [1.82, 2.24) is 24.8 Å². The highest BCUT2D eigenvalue weighted by Crippen LogP contribution is 2.22. The molecule has 0 unspecified atom stereocenters. The quantitative estimate of drug-likeness (QED) is 0.660. The van der Waals surface area contributed by atoms with Gasteiger partial charge in [-0.1, -0.05) is 11.2 Å². The van der Waals surface area contributed by atoms with E-state index in [1.54, 1.807) is 11.3 Å². The van der Waals surface area contributed by atoms with Gasteiger partial charge in [-0.05, 0) is 49.9 Å². The molecule has 3 aromatic rings. The molecule has 1 fully saturated rings. The maximum Gasteiger partial charge on any atom is 0.227 e. The van der Waals surface area contributed by atoms with E-state index in [1.165, 1.54) is 19.4 Å². The lowest BCUT2D eigenvalue weighted by molar-refractivity contribution is 0.222. The lowest BCUT2D eigenvalue weighted by Gasteiger charge is -2.24. The second kappa shape index (κ2) is 7.27. The molecule has 1 saturated heterocycles. The summed E-state index contributed by atoms with van der Waals surface area (Å²) in [7, 11) is 0. The smallest absolute Gasteiger partial charge is 0.227 e. The van der Waals surface area contributed by atoms with Crippen molar-refractivity contribution in [2.75, 3.05) is 13.1 Å². The van der Waals surface area contributed by atoms with Gasteiger partial charge in [0, 0.05) is 24.9 Å². The maximum atomic E-state index is 5.38. The first kappa shape index (κ1) is 15.5. The summed E-state index contributed by atoms with van der Waals surface area (Å²) in [5, 5.41) is 10.4. The molecule has 0 bridgehead atoms. The van der Waals surface area contributed by atoms with E-state index in [4.69, 9.17) is 4.52 Å². The Kier molecular flexibility index (Phi) is 4.71. The first-order valence-electron chi connectivity index (χ1n) is 8.46. The summed E-state index contributed by atoms with van der Waals surface area (Å²) in [6, 6.07) is 6.60. The molecule has 0 spiro atoms. The normalized spacial score (nSPS) is 18.4. The maximum absolute atomic E-state index is 5.38. The summed E-state index contributed by atoms with van der Waals surface area (Å²) in [5.41, 5.74) is 0. The average Bonchev–Trinajstić information content (AvgIpc) is 3.37. The van der Waals surface area contributed by atoms with Gasteiger partial charge in [-0.25, -0.2) is 0 Å². The molecule has 24 heavy (non-hydrogen) atoms. The molecule has 0 aromatic carbocycles. The van der Waals surface area contributed by atoms with Crippen LogP contribution in [0.15, 0.2) is 40.5 Å². The zero-order valence-electron chi connectivity index (χ0n) is 13.5. The molecule has 4 rings (SSSR count). The van der Waals surface area contributed by atoms with E-state index >= 15 is 0 Å². The lowest BCUT2D eigenvalue weighted by atomic mass is 10.2. The number of aryl methyl sites for hydroxylation is 1. The first-order valence-corrected chi connectivity index (χ1v) is 9.34. The molecular weight excluding hydrogens is 322 g/mol. The Labute approximate surface area is 145 Å². The summed E-state index contributed by atoms with van der Waals surface area (Å²) in [6.45, 7) is 3.23. The van der Waals surface area contributed by atoms with Gasteiger partial charge in [0.2, 0.25) is 11.7 Å². The van der Waals surface area contributed by atoms with Gasteiger partial charge in [0.05, 0.1) is 11.4 Å². The van der Waals surface area contributed by atoms with E-state index in [-0.39, 0.29) is 0 Å². The molecule has 1 aliphatic heterocycles. The Balaban J connectivity index is 1.27. The van der Waals surface area contributed by atoms with Crippen molar-refractivity contribution >= 4 is 11.3 Å². The third-order valence-electron chi connectivity index (χ3n) is 4.50. The SMILES string of the molecule is c1csc(-c2noc(CCCN3CCC[C@@H]3Cn3cccn3)n2)c1. The lowest BCUT2D eigenvalue weighted by Crippen LogP contribution is -2.34. The monoisotopic (exact) mass is 343 g/mol. The zero-order valence-corrected chi connectivity index (χ0v) is 14.4. The van der Waals surface area contributed by atoms with E-state index in [0.29, 0.717) is 11.9 Å². The highest BCUT2D eigenvalue weighted by molar-refractivity contribution is 7.13. The minimum atomic E-state index is 0.592. The fourth-order valence-corrected chi connectivity index (χ4v) is 3.97. The van der Waals surface area contributed by atoms with E-state index in [0.717, 1.165) is 36.7 Å². The van der Waals surface area contributed by atoms with Gasteiger partial charge in [-0.15, -0.1) is 11.3 Å². The highest BCUT2D eigenvalue weighted by atomic mass is 32.1. The number of thiophene rings is 1. The van der Waals surface area contributed by atoms with Crippen LogP contribution in [0.1, 0.15) is 25.2 Å². The van der Waals surface area contributed by atoms with Crippen LogP contribution >= 0.6 is 11.3 Å². The molecule has 0 radical (unpaired) electrons. The zero-order chi connectivity index (χ0) is 16.2. The number of hydrogen-bond acceptors (Lipinski definition) is 6. The van der Waals surface area contributed by atoms with Crippen LogP contribution in [0.2, 0.25) is 0 Å². The number of likely N-dealkylation sites (tertiary alicyclic amines) is 1. The van der Waals surface area contributed by atoms with Crippen molar-refractivity contribution in [3.8, 4) is 10.7 Å². The van der Waals surface area contributed by atoms with Gasteiger partial charge in [0.15, 0.2) is 0 Å². The van der Waals surface area contributed by atoms with Crippen molar-refractivity contribution in [2.45, 2.75) is 38.3 Å². The Hall–Kier alpha value is -1.99. The molecule has 6 nitrogen and oxygen atoms in total. The van der Waals surface area contributed by atoms with Gasteiger partial charge < -0.3 is 4.52 Å². The van der Waals surface area contributed by atoms with Crippen LogP contribution < -0.4 is 0 Å². The van der Waals surface area contributed by atoms with Gasteiger partial charge in [0.1, 0.15) is 0 Å². The highest BCUT2D eigenvalue weighted by Gasteiger charge is 2.24. The summed E-state index contributed by atoms with van der Waals surface area (Å²) in [6.07, 6.45) is 8.30. The molecule has 0 amide bonds. The van der Waals surface area contributed by atoms with E-state index in [2.05, 4.69) is 20.1 Å². The summed E-state index contributed by atoms with van der Waals surface area (Å²) >= 11 is 1.63. The van der Waals surface area contributed by atoms with Crippen molar-refractivity contribution in [1.29, 1.82) is 0 Å². The molecule has 1 atom stereocenters. The summed E-state index contributed by atoms with van der Waals surface area (Å²) in [5.74, 6) is 1.44. The molecule has 126 valence electrons. The van der Waals surface area contributed by atoms with Gasteiger partial charge >= 0.3 is 0 Å². The predicted molar refractivity (Wildman–Crippen MR) is 92.8 cm³/mol. The van der Waals surface area contributed by atoms with Crippen LogP contribution in [0, 0.1) is 0 Å². The molecule has 0 saturated carbocycles. The van der Waals surface area contributed by atoms with Crippen LogP contribution in [0.3, 0.4) is 0 Å². The van der Waals surface area contributed by atoms with E-state index in [1.807, 2.05) is 40.7 Å². The molecule has 4 heterocycles. The Bertz CT molecular complexity index is 737. The number of aromatic nitrogens is 4. The fourth-order valence-electron chi connectivity index (χ4n) is 3.32. The predicted octanol–water partition coefficient (Wildman–Crippen LogP) is 3.09. The average molecular weight is 343 g/mol. The Morgan fingerprint density at radius 1 is 1.33 bits per heavy atom. The van der Waals surface area contributed by atoms with Crippen LogP contribution in [-0.2, 0) is 13.0 Å². The van der Waals surface area contributed by atoms with Crippen LogP contribution in [0.25, 0.3) is 10.7 Å². The van der Waals surface area contributed by atoms with Gasteiger partial charge in [0.25, 0.3) is 0 Å². The molecule has 7 heteroatoms. The number of hydrogen-bond donors (Lipinski definition) is 0. The van der Waals surface area contributed by atoms with E-state index < -0.39 is 0 Å². The number of nitrogens with zero attached hydrogens (tertiary/aromatic N) is 5. The topological polar surface area (TPSA) is 60.0 Å². The third-order valence-corrected chi connectivity index (χ3v) is 5.37. The summed E-state index contributed by atoms with van der Waals surface area (Å²) < 4.78 is 7.41. The molecule has 0 aliphatic carbocycles. The van der Waals surface area contributed by atoms with Crippen LogP contribution in [0.4, 0.5) is 0 Å². The van der Waals surface area contributed by atoms with Gasteiger partial charge in [-0.3, -0.25) is 9.58 Å². The van der Waals surface area contributed by atoms with E-state index in [9.17, 15) is 0 Å². The second-order valence-electron chi connectivity index (χ2n) is 6.15. The minimum Gasteiger partial charge on any atom is -0.339 e. The van der Waals surface area contributed by atoms with Crippen molar-refractivity contribution in [2.24, 2.45) is 0 Å². The Morgan fingerprint density at radius 2 is 2.33 bits per heavy atom. The van der Waals surface area contributed by atoms with Crippen LogP contribution in [0.5, 0.6) is 0 Å². The second-order valence-corrected chi connectivity index (χ2v) is 7.10. The first-order chi connectivity index (χ1) is 11.9. The third kappa shape index (κ3) is 3.57. The molecule has 3 aromatic heterocycles. The molecular formula is C17H21N5OS. The largest absolute Gasteiger partial charge is 0.339 e. The van der Waals surface area contributed by atoms with Crippen molar-refractivity contribution in [3.63, 3.8) is 0 Å². The summed E-state index contributed by atoms with van der Waals surface area (Å²) in [4.78, 5) is 8.12. The fraction of sp³-hybridized carbons (Fsp3) is 0.471. The van der Waals surface area contributed by atoms with Crippen LogP contribution in [-0.4, -0.2) is 44.0 Å². The standard InChI is InChI=1S/C17H21N5OS/c1-5-14(13-22-11-4-8-18-22)21(9-1)10-2-7-16-19-17(20-23-16)15-6-3-12-24-15/h3-4,6,8,11-12,14H,1-2,5,7,9-10,13H2/t14-/m1/s1. The van der Waals surface area contributed by atoms with Gasteiger partial charge in [-0.2, -0.15) is 10.1 Å². The number of rotatable bonds is 7.